The van der Waals surface area contributed by atoms with Gasteiger partial charge in [-0.1, -0.05) is 24.3 Å². The standard InChI is InChI=1S/C15H14O2/c1-14-7-8-15(2,17-14)13-10-5-3-4-6-12(10)16-9-11(13)14/h3-9,13H,1-2H3/t13-,14+,15-/m0/s1. The van der Waals surface area contributed by atoms with Gasteiger partial charge in [0.2, 0.25) is 0 Å². The average Bonchev–Trinajstić information content (AvgIpc) is 2.77. The molecular formula is C15H14O2. The van der Waals surface area contributed by atoms with Crippen molar-refractivity contribution in [2.45, 2.75) is 31.0 Å². The Balaban J connectivity index is 1.98. The molecule has 0 unspecified atom stereocenters. The molecular weight excluding hydrogens is 212 g/mol. The number of hydrogen-bond acceptors (Lipinski definition) is 2. The lowest BCUT2D eigenvalue weighted by Crippen LogP contribution is -2.29. The Kier molecular flexibility index (Phi) is 1.48. The number of rotatable bonds is 0. The first-order valence-electron chi connectivity index (χ1n) is 5.99. The van der Waals surface area contributed by atoms with E-state index in [1.165, 1.54) is 11.1 Å². The van der Waals surface area contributed by atoms with Crippen molar-refractivity contribution in [3.8, 4) is 5.75 Å². The van der Waals surface area contributed by atoms with E-state index in [4.69, 9.17) is 9.47 Å². The molecule has 0 amide bonds. The summed E-state index contributed by atoms with van der Waals surface area (Å²) in [5.41, 5.74) is 1.97. The van der Waals surface area contributed by atoms with Gasteiger partial charge in [0.05, 0.1) is 11.9 Å². The van der Waals surface area contributed by atoms with E-state index in [2.05, 4.69) is 38.1 Å². The Labute approximate surface area is 101 Å². The van der Waals surface area contributed by atoms with Crippen LogP contribution in [0.15, 0.2) is 48.3 Å². The van der Waals surface area contributed by atoms with Crippen LogP contribution in [0.2, 0.25) is 0 Å². The maximum Gasteiger partial charge on any atom is 0.130 e. The maximum atomic E-state index is 6.19. The van der Waals surface area contributed by atoms with Gasteiger partial charge in [0.15, 0.2) is 0 Å². The molecule has 3 atom stereocenters. The molecule has 1 fully saturated rings. The summed E-state index contributed by atoms with van der Waals surface area (Å²) in [4.78, 5) is 0. The van der Waals surface area contributed by atoms with E-state index in [-0.39, 0.29) is 11.2 Å². The van der Waals surface area contributed by atoms with Crippen molar-refractivity contribution in [1.29, 1.82) is 0 Å². The van der Waals surface area contributed by atoms with Crippen molar-refractivity contribution >= 4 is 0 Å². The molecule has 1 aromatic carbocycles. The molecule has 2 nitrogen and oxygen atoms in total. The van der Waals surface area contributed by atoms with E-state index in [0.717, 1.165) is 5.75 Å². The Bertz CT molecular complexity index is 572. The fraction of sp³-hybridized carbons (Fsp3) is 0.333. The third-order valence-electron chi connectivity index (χ3n) is 4.16. The Morgan fingerprint density at radius 1 is 1.12 bits per heavy atom. The summed E-state index contributed by atoms with van der Waals surface area (Å²) in [5, 5.41) is 0. The van der Waals surface area contributed by atoms with Gasteiger partial charge in [0.1, 0.15) is 11.4 Å². The monoisotopic (exact) mass is 226 g/mol. The molecule has 3 aliphatic rings. The van der Waals surface area contributed by atoms with E-state index < -0.39 is 0 Å². The third kappa shape index (κ3) is 0.997. The topological polar surface area (TPSA) is 18.5 Å². The molecule has 0 aliphatic carbocycles. The highest BCUT2D eigenvalue weighted by Gasteiger charge is 2.58. The third-order valence-corrected chi connectivity index (χ3v) is 4.16. The van der Waals surface area contributed by atoms with Crippen LogP contribution in [-0.2, 0) is 4.74 Å². The fourth-order valence-electron chi connectivity index (χ4n) is 3.37. The molecule has 3 heterocycles. The molecule has 0 aromatic heterocycles. The molecule has 0 saturated carbocycles. The van der Waals surface area contributed by atoms with Crippen molar-refractivity contribution in [2.24, 2.45) is 0 Å². The van der Waals surface area contributed by atoms with Crippen molar-refractivity contribution in [1.82, 2.24) is 0 Å². The van der Waals surface area contributed by atoms with Gasteiger partial charge in [0.25, 0.3) is 0 Å². The van der Waals surface area contributed by atoms with Gasteiger partial charge in [-0.05, 0) is 26.0 Å². The molecule has 0 radical (unpaired) electrons. The second kappa shape index (κ2) is 2.65. The molecule has 1 saturated heterocycles. The van der Waals surface area contributed by atoms with Crippen molar-refractivity contribution < 1.29 is 9.47 Å². The second-order valence-electron chi connectivity index (χ2n) is 5.39. The number of para-hydroxylation sites is 1. The van der Waals surface area contributed by atoms with Crippen LogP contribution in [0.4, 0.5) is 0 Å². The summed E-state index contributed by atoms with van der Waals surface area (Å²) in [6, 6.07) is 8.22. The minimum absolute atomic E-state index is 0.222. The van der Waals surface area contributed by atoms with Gasteiger partial charge in [-0.25, -0.2) is 0 Å². The smallest absolute Gasteiger partial charge is 0.130 e. The predicted octanol–water partition coefficient (Wildman–Crippen LogP) is 3.16. The molecule has 2 bridgehead atoms. The zero-order chi connectivity index (χ0) is 11.7. The van der Waals surface area contributed by atoms with Gasteiger partial charge in [0, 0.05) is 17.1 Å². The van der Waals surface area contributed by atoms with E-state index in [1.807, 2.05) is 18.4 Å². The highest BCUT2D eigenvalue weighted by atomic mass is 16.5. The highest BCUT2D eigenvalue weighted by molar-refractivity contribution is 5.55. The SMILES string of the molecule is C[C@]12C=C[C@](C)(O1)[C@@H]1C2=COc2ccccc21. The average molecular weight is 226 g/mol. The van der Waals surface area contributed by atoms with Gasteiger partial charge >= 0.3 is 0 Å². The van der Waals surface area contributed by atoms with Gasteiger partial charge in [-0.2, -0.15) is 0 Å². The van der Waals surface area contributed by atoms with E-state index >= 15 is 0 Å². The highest BCUT2D eigenvalue weighted by Crippen LogP contribution is 2.59. The largest absolute Gasteiger partial charge is 0.465 e. The predicted molar refractivity (Wildman–Crippen MR) is 64.9 cm³/mol. The van der Waals surface area contributed by atoms with Crippen LogP contribution < -0.4 is 4.74 Å². The van der Waals surface area contributed by atoms with Gasteiger partial charge in [-0.3, -0.25) is 0 Å². The normalized spacial score (nSPS) is 40.6. The summed E-state index contributed by atoms with van der Waals surface area (Å²) >= 11 is 0. The molecule has 0 N–H and O–H groups in total. The lowest BCUT2D eigenvalue weighted by atomic mass is 9.72. The van der Waals surface area contributed by atoms with Crippen molar-refractivity contribution in [3.63, 3.8) is 0 Å². The fourth-order valence-corrected chi connectivity index (χ4v) is 3.37. The number of hydrogen-bond donors (Lipinski definition) is 0. The summed E-state index contributed by atoms with van der Waals surface area (Å²) in [5.74, 6) is 1.25. The minimum Gasteiger partial charge on any atom is -0.465 e. The summed E-state index contributed by atoms with van der Waals surface area (Å²) in [6.45, 7) is 4.26. The van der Waals surface area contributed by atoms with E-state index in [9.17, 15) is 0 Å². The maximum absolute atomic E-state index is 6.19. The molecule has 4 rings (SSSR count). The van der Waals surface area contributed by atoms with Crippen LogP contribution in [0.25, 0.3) is 0 Å². The summed E-state index contributed by atoms with van der Waals surface area (Å²) in [7, 11) is 0. The van der Waals surface area contributed by atoms with Crippen molar-refractivity contribution in [3.05, 3.63) is 53.8 Å². The first-order chi connectivity index (χ1) is 8.12. The molecule has 1 aromatic rings. The lowest BCUT2D eigenvalue weighted by Gasteiger charge is -2.31. The lowest BCUT2D eigenvalue weighted by molar-refractivity contribution is -0.00814. The van der Waals surface area contributed by atoms with Crippen LogP contribution in [0.5, 0.6) is 5.75 Å². The number of fused-ring (bicyclic) bond motifs is 7. The van der Waals surface area contributed by atoms with E-state index in [0.29, 0.717) is 5.92 Å². The molecule has 86 valence electrons. The first kappa shape index (κ1) is 9.49. The molecule has 17 heavy (non-hydrogen) atoms. The molecule has 2 heteroatoms. The van der Waals surface area contributed by atoms with Crippen LogP contribution in [-0.4, -0.2) is 11.2 Å². The molecule has 3 aliphatic heterocycles. The van der Waals surface area contributed by atoms with Crippen molar-refractivity contribution in [2.75, 3.05) is 0 Å². The minimum atomic E-state index is -0.285. The number of ether oxygens (including phenoxy) is 2. The summed E-state index contributed by atoms with van der Waals surface area (Å²) in [6.07, 6.45) is 6.21. The Hall–Kier alpha value is -1.54. The summed E-state index contributed by atoms with van der Waals surface area (Å²) < 4.78 is 11.9. The van der Waals surface area contributed by atoms with Crippen LogP contribution in [0, 0.1) is 0 Å². The number of benzene rings is 1. The Morgan fingerprint density at radius 2 is 1.94 bits per heavy atom. The van der Waals surface area contributed by atoms with E-state index in [1.54, 1.807) is 0 Å². The molecule has 0 spiro atoms. The zero-order valence-corrected chi connectivity index (χ0v) is 9.94. The van der Waals surface area contributed by atoms with Crippen LogP contribution in [0.3, 0.4) is 0 Å². The van der Waals surface area contributed by atoms with Crippen LogP contribution in [0.1, 0.15) is 25.3 Å². The quantitative estimate of drug-likeness (QED) is 0.633. The zero-order valence-electron chi connectivity index (χ0n) is 9.94. The van der Waals surface area contributed by atoms with Gasteiger partial charge < -0.3 is 9.47 Å². The Morgan fingerprint density at radius 3 is 2.82 bits per heavy atom. The van der Waals surface area contributed by atoms with Gasteiger partial charge in [-0.15, -0.1) is 0 Å². The second-order valence-corrected chi connectivity index (χ2v) is 5.39. The van der Waals surface area contributed by atoms with Crippen LogP contribution >= 0.6 is 0 Å². The first-order valence-corrected chi connectivity index (χ1v) is 5.99.